The van der Waals surface area contributed by atoms with Crippen LogP contribution in [0.2, 0.25) is 5.02 Å². The van der Waals surface area contributed by atoms with Gasteiger partial charge in [0.2, 0.25) is 11.8 Å². The van der Waals surface area contributed by atoms with Crippen molar-refractivity contribution in [2.45, 2.75) is 6.42 Å². The Morgan fingerprint density at radius 3 is 2.45 bits per heavy atom. The molecule has 5 aromatic rings. The third-order valence-corrected chi connectivity index (χ3v) is 6.95. The fraction of sp³-hybridized carbons (Fsp3) is 0.233. The minimum Gasteiger partial charge on any atom is -0.504 e. The van der Waals surface area contributed by atoms with Crippen LogP contribution in [0.25, 0.3) is 22.6 Å². The highest BCUT2D eigenvalue weighted by Gasteiger charge is 2.18. The molecule has 1 fully saturated rings. The van der Waals surface area contributed by atoms with E-state index in [2.05, 4.69) is 24.8 Å². The summed E-state index contributed by atoms with van der Waals surface area (Å²) < 4.78 is 17.7. The number of ether oxygens (including phenoxy) is 2. The van der Waals surface area contributed by atoms with Gasteiger partial charge >= 0.3 is 0 Å². The van der Waals surface area contributed by atoms with Gasteiger partial charge in [0.1, 0.15) is 17.0 Å². The van der Waals surface area contributed by atoms with Crippen molar-refractivity contribution in [1.82, 2.24) is 19.9 Å². The van der Waals surface area contributed by atoms with E-state index in [0.717, 1.165) is 45.1 Å². The summed E-state index contributed by atoms with van der Waals surface area (Å²) in [6.07, 6.45) is 4.40. The number of nitrogens with zero attached hydrogens (tertiary/aromatic N) is 5. The van der Waals surface area contributed by atoms with Crippen LogP contribution in [0.1, 0.15) is 6.42 Å². The molecule has 0 atom stereocenters. The number of hydrogen-bond donors (Lipinski definition) is 1. The molecule has 1 saturated heterocycles. The fourth-order valence-corrected chi connectivity index (χ4v) is 4.73. The van der Waals surface area contributed by atoms with Gasteiger partial charge in [-0.2, -0.15) is 0 Å². The van der Waals surface area contributed by atoms with E-state index in [-0.39, 0.29) is 5.75 Å². The van der Waals surface area contributed by atoms with E-state index in [1.54, 1.807) is 54.9 Å². The molecule has 3 heterocycles. The molecule has 0 amide bonds. The number of rotatable bonds is 9. The summed E-state index contributed by atoms with van der Waals surface area (Å²) in [4.78, 5) is 17.8. The maximum absolute atomic E-state index is 10.6. The first kappa shape index (κ1) is 25.9. The lowest BCUT2D eigenvalue weighted by Gasteiger charge is -2.34. The largest absolute Gasteiger partial charge is 0.504 e. The van der Waals surface area contributed by atoms with Gasteiger partial charge in [-0.1, -0.05) is 11.6 Å². The number of hydrogen-bond acceptors (Lipinski definition) is 9. The van der Waals surface area contributed by atoms with Crippen molar-refractivity contribution in [2.75, 3.05) is 44.2 Å². The van der Waals surface area contributed by atoms with E-state index in [9.17, 15) is 5.11 Å². The summed E-state index contributed by atoms with van der Waals surface area (Å²) in [6, 6.07) is 19.6. The molecule has 0 radical (unpaired) electrons. The molecule has 1 aliphatic rings. The second kappa shape index (κ2) is 11.8. The molecule has 0 bridgehead atoms. The number of benzene rings is 3. The molecule has 6 rings (SSSR count). The number of halogens is 1. The standard InChI is InChI=1S/C30H28ClN5O4/c31-22-4-6-23(7-5-22)39-24-8-9-25-28(20-24)40-29(34-25)21-3-10-27(26(37)19-21)38-18-2-13-35-14-16-36(17-15-35)30-32-11-1-12-33-30/h1,3-12,19-20,37H,2,13-18H2. The molecular weight excluding hydrogens is 530 g/mol. The number of oxazole rings is 1. The highest BCUT2D eigenvalue weighted by molar-refractivity contribution is 6.30. The van der Waals surface area contributed by atoms with Crippen LogP contribution < -0.4 is 14.4 Å². The summed E-state index contributed by atoms with van der Waals surface area (Å²) in [7, 11) is 0. The summed E-state index contributed by atoms with van der Waals surface area (Å²) in [5.41, 5.74) is 1.93. The van der Waals surface area contributed by atoms with E-state index < -0.39 is 0 Å². The Balaban J connectivity index is 1.01. The van der Waals surface area contributed by atoms with Gasteiger partial charge in [-0.25, -0.2) is 15.0 Å². The molecule has 1 aliphatic heterocycles. The molecule has 9 nitrogen and oxygen atoms in total. The number of aromatic hydroxyl groups is 1. The average Bonchev–Trinajstić information content (AvgIpc) is 3.42. The molecular formula is C30H28ClN5O4. The number of phenolic OH excluding ortho intramolecular Hbond substituents is 1. The lowest BCUT2D eigenvalue weighted by molar-refractivity contribution is 0.221. The summed E-state index contributed by atoms with van der Waals surface area (Å²) in [5.74, 6) is 2.96. The zero-order chi connectivity index (χ0) is 27.3. The molecule has 0 saturated carbocycles. The second-order valence-corrected chi connectivity index (χ2v) is 9.90. The Morgan fingerprint density at radius 2 is 1.68 bits per heavy atom. The van der Waals surface area contributed by atoms with Gasteiger partial charge in [0, 0.05) is 61.8 Å². The van der Waals surface area contributed by atoms with Crippen molar-refractivity contribution in [3.63, 3.8) is 0 Å². The van der Waals surface area contributed by atoms with Gasteiger partial charge in [-0.3, -0.25) is 4.90 Å². The molecule has 40 heavy (non-hydrogen) atoms. The third-order valence-electron chi connectivity index (χ3n) is 6.70. The minimum atomic E-state index is 0.0444. The number of anilines is 1. The third kappa shape index (κ3) is 6.11. The SMILES string of the molecule is Oc1cc(-c2nc3ccc(Oc4ccc(Cl)cc4)cc3o2)ccc1OCCCN1CCN(c2ncccn2)CC1. The first-order valence-corrected chi connectivity index (χ1v) is 13.5. The van der Waals surface area contributed by atoms with Crippen LogP contribution in [0.3, 0.4) is 0 Å². The van der Waals surface area contributed by atoms with E-state index in [1.807, 2.05) is 24.3 Å². The number of aromatic nitrogens is 3. The number of fused-ring (bicyclic) bond motifs is 1. The Bertz CT molecular complexity index is 1570. The van der Waals surface area contributed by atoms with Crippen molar-refractivity contribution >= 4 is 28.6 Å². The summed E-state index contributed by atoms with van der Waals surface area (Å²) >= 11 is 5.95. The van der Waals surface area contributed by atoms with Crippen LogP contribution >= 0.6 is 11.6 Å². The normalized spacial score (nSPS) is 14.0. The lowest BCUT2D eigenvalue weighted by atomic mass is 10.2. The number of piperazine rings is 1. The Morgan fingerprint density at radius 1 is 0.900 bits per heavy atom. The highest BCUT2D eigenvalue weighted by atomic mass is 35.5. The molecule has 3 aromatic carbocycles. The lowest BCUT2D eigenvalue weighted by Crippen LogP contribution is -2.47. The topological polar surface area (TPSA) is 97.0 Å². The first-order chi connectivity index (χ1) is 19.6. The van der Waals surface area contributed by atoms with Gasteiger partial charge in [0.25, 0.3) is 0 Å². The molecule has 0 aliphatic carbocycles. The van der Waals surface area contributed by atoms with Crippen LogP contribution in [-0.4, -0.2) is 64.3 Å². The monoisotopic (exact) mass is 557 g/mol. The first-order valence-electron chi connectivity index (χ1n) is 13.2. The highest BCUT2D eigenvalue weighted by Crippen LogP contribution is 2.34. The Hall–Kier alpha value is -4.34. The van der Waals surface area contributed by atoms with Gasteiger partial charge in [0.15, 0.2) is 17.1 Å². The molecule has 0 unspecified atom stereocenters. The van der Waals surface area contributed by atoms with Crippen molar-refractivity contribution in [1.29, 1.82) is 0 Å². The van der Waals surface area contributed by atoms with Crippen molar-refractivity contribution in [2.24, 2.45) is 0 Å². The summed E-state index contributed by atoms with van der Waals surface area (Å²) in [6.45, 7) is 5.15. The van der Waals surface area contributed by atoms with Crippen LogP contribution in [0.5, 0.6) is 23.0 Å². The van der Waals surface area contributed by atoms with E-state index in [0.29, 0.717) is 51.4 Å². The zero-order valence-corrected chi connectivity index (χ0v) is 22.5. The maximum atomic E-state index is 10.6. The molecule has 0 spiro atoms. The van der Waals surface area contributed by atoms with Crippen LogP contribution in [0.15, 0.2) is 83.5 Å². The van der Waals surface area contributed by atoms with Gasteiger partial charge in [-0.15, -0.1) is 0 Å². The Labute approximate surface area is 236 Å². The quantitative estimate of drug-likeness (QED) is 0.218. The maximum Gasteiger partial charge on any atom is 0.227 e. The molecule has 2 aromatic heterocycles. The van der Waals surface area contributed by atoms with E-state index in [4.69, 9.17) is 25.5 Å². The summed E-state index contributed by atoms with van der Waals surface area (Å²) in [5, 5.41) is 11.2. The second-order valence-electron chi connectivity index (χ2n) is 9.47. The molecule has 1 N–H and O–H groups in total. The van der Waals surface area contributed by atoms with E-state index >= 15 is 0 Å². The fourth-order valence-electron chi connectivity index (χ4n) is 4.60. The van der Waals surface area contributed by atoms with Crippen molar-refractivity contribution in [3.05, 3.63) is 84.1 Å². The smallest absolute Gasteiger partial charge is 0.227 e. The predicted molar refractivity (Wildman–Crippen MR) is 153 cm³/mol. The average molecular weight is 558 g/mol. The molecule has 204 valence electrons. The van der Waals surface area contributed by atoms with E-state index in [1.165, 1.54) is 0 Å². The zero-order valence-electron chi connectivity index (χ0n) is 21.7. The number of phenols is 1. The van der Waals surface area contributed by atoms with Crippen molar-refractivity contribution in [3.8, 4) is 34.5 Å². The van der Waals surface area contributed by atoms with Crippen LogP contribution in [0, 0.1) is 0 Å². The Kier molecular flexibility index (Phi) is 7.65. The van der Waals surface area contributed by atoms with Crippen LogP contribution in [0.4, 0.5) is 5.95 Å². The van der Waals surface area contributed by atoms with Gasteiger partial charge in [-0.05, 0) is 67.1 Å². The van der Waals surface area contributed by atoms with Crippen LogP contribution in [-0.2, 0) is 0 Å². The van der Waals surface area contributed by atoms with Gasteiger partial charge < -0.3 is 23.9 Å². The van der Waals surface area contributed by atoms with Crippen molar-refractivity contribution < 1.29 is 19.0 Å². The minimum absolute atomic E-state index is 0.0444. The molecule has 10 heteroatoms. The predicted octanol–water partition coefficient (Wildman–Crippen LogP) is 6.03. The van der Waals surface area contributed by atoms with Gasteiger partial charge in [0.05, 0.1) is 6.61 Å².